The van der Waals surface area contributed by atoms with Crippen molar-refractivity contribution in [3.05, 3.63) is 0 Å². The van der Waals surface area contributed by atoms with E-state index in [-0.39, 0.29) is 6.61 Å². The third-order valence-electron chi connectivity index (χ3n) is 0.952. The number of unbranched alkanes of at least 4 members (excludes halogenated alkanes) is 2. The van der Waals surface area contributed by atoms with Gasteiger partial charge >= 0.3 is 0 Å². The zero-order valence-electron chi connectivity index (χ0n) is 7.39. The number of aliphatic hydroxyl groups is 1. The Morgan fingerprint density at radius 1 is 1.20 bits per heavy atom. The van der Waals surface area contributed by atoms with Gasteiger partial charge in [0.15, 0.2) is 0 Å². The molecule has 0 fully saturated rings. The van der Waals surface area contributed by atoms with Crippen LogP contribution in [0.5, 0.6) is 0 Å². The van der Waals surface area contributed by atoms with Gasteiger partial charge in [-0.2, -0.15) is 0 Å². The van der Waals surface area contributed by atoms with Crippen molar-refractivity contribution in [1.29, 1.82) is 0 Å². The van der Waals surface area contributed by atoms with E-state index in [9.17, 15) is 0 Å². The Kier molecular flexibility index (Phi) is 20.1. The highest BCUT2D eigenvalue weighted by atomic mass is 16.5. The Hall–Kier alpha value is -0.0800. The maximum Gasteiger partial charge on any atom is 0.0462 e. The van der Waals surface area contributed by atoms with Crippen LogP contribution in [-0.2, 0) is 4.74 Å². The van der Waals surface area contributed by atoms with Gasteiger partial charge in [-0.3, -0.25) is 0 Å². The highest BCUT2D eigenvalue weighted by Crippen LogP contribution is 1.91. The van der Waals surface area contributed by atoms with Gasteiger partial charge in [0.25, 0.3) is 0 Å². The summed E-state index contributed by atoms with van der Waals surface area (Å²) in [6.45, 7) is 5.05. The van der Waals surface area contributed by atoms with Crippen molar-refractivity contribution in [2.45, 2.75) is 33.1 Å². The SMILES string of the molecule is CCCCCOC.CCO. The van der Waals surface area contributed by atoms with E-state index in [4.69, 9.17) is 9.84 Å². The summed E-state index contributed by atoms with van der Waals surface area (Å²) >= 11 is 0. The van der Waals surface area contributed by atoms with E-state index in [1.54, 1.807) is 14.0 Å². The molecule has 0 aromatic rings. The molecule has 2 heteroatoms. The third-order valence-corrected chi connectivity index (χ3v) is 0.952. The Labute approximate surface area is 64.2 Å². The lowest BCUT2D eigenvalue weighted by Crippen LogP contribution is -1.85. The van der Waals surface area contributed by atoms with Gasteiger partial charge in [0.05, 0.1) is 0 Å². The highest BCUT2D eigenvalue weighted by molar-refractivity contribution is 4.32. The quantitative estimate of drug-likeness (QED) is 0.616. The highest BCUT2D eigenvalue weighted by Gasteiger charge is 1.79. The molecule has 0 atom stereocenters. The monoisotopic (exact) mass is 148 g/mol. The smallest absolute Gasteiger partial charge is 0.0462 e. The van der Waals surface area contributed by atoms with Gasteiger partial charge in [-0.25, -0.2) is 0 Å². The minimum absolute atomic E-state index is 0.250. The Bertz CT molecular complexity index is 34.2. The molecule has 0 spiro atoms. The molecule has 64 valence electrons. The van der Waals surface area contributed by atoms with Crippen molar-refractivity contribution >= 4 is 0 Å². The van der Waals surface area contributed by atoms with E-state index in [2.05, 4.69) is 6.92 Å². The fourth-order valence-corrected chi connectivity index (χ4v) is 0.496. The summed E-state index contributed by atoms with van der Waals surface area (Å²) in [6, 6.07) is 0. The molecule has 0 aliphatic carbocycles. The molecule has 0 radical (unpaired) electrons. The van der Waals surface area contributed by atoms with Crippen molar-refractivity contribution in [3.63, 3.8) is 0 Å². The second kappa shape index (κ2) is 16.0. The molecule has 0 aromatic carbocycles. The van der Waals surface area contributed by atoms with Gasteiger partial charge in [0.1, 0.15) is 0 Å². The molecule has 0 aliphatic heterocycles. The standard InChI is InChI=1S/C6H14O.C2H6O/c1-3-4-5-6-7-2;1-2-3/h3-6H2,1-2H3;3H,2H2,1H3. The fourth-order valence-electron chi connectivity index (χ4n) is 0.496. The van der Waals surface area contributed by atoms with Crippen LogP contribution in [0.3, 0.4) is 0 Å². The van der Waals surface area contributed by atoms with Gasteiger partial charge in [0, 0.05) is 20.3 Å². The lowest BCUT2D eigenvalue weighted by atomic mass is 10.3. The molecule has 0 saturated heterocycles. The molecule has 0 rings (SSSR count). The number of methoxy groups -OCH3 is 1. The minimum atomic E-state index is 0.250. The van der Waals surface area contributed by atoms with E-state index >= 15 is 0 Å². The summed E-state index contributed by atoms with van der Waals surface area (Å²) in [5, 5.41) is 7.57. The summed E-state index contributed by atoms with van der Waals surface area (Å²) < 4.78 is 4.84. The normalized spacial score (nSPS) is 8.40. The van der Waals surface area contributed by atoms with Crippen molar-refractivity contribution < 1.29 is 9.84 Å². The Morgan fingerprint density at radius 3 is 2.00 bits per heavy atom. The molecule has 1 N–H and O–H groups in total. The van der Waals surface area contributed by atoms with Crippen LogP contribution in [0.2, 0.25) is 0 Å². The molecular formula is C8H20O2. The fraction of sp³-hybridized carbons (Fsp3) is 1.00. The Morgan fingerprint density at radius 2 is 1.70 bits per heavy atom. The Balaban J connectivity index is 0. The maximum absolute atomic E-state index is 7.57. The van der Waals surface area contributed by atoms with Crippen LogP contribution in [0.25, 0.3) is 0 Å². The summed E-state index contributed by atoms with van der Waals surface area (Å²) in [5.41, 5.74) is 0. The lowest BCUT2D eigenvalue weighted by Gasteiger charge is -1.92. The summed E-state index contributed by atoms with van der Waals surface area (Å²) in [6.07, 6.45) is 3.80. The van der Waals surface area contributed by atoms with Crippen LogP contribution in [0, 0.1) is 0 Å². The molecule has 2 nitrogen and oxygen atoms in total. The average molecular weight is 148 g/mol. The summed E-state index contributed by atoms with van der Waals surface area (Å²) in [5.74, 6) is 0. The zero-order valence-corrected chi connectivity index (χ0v) is 7.39. The van der Waals surface area contributed by atoms with Gasteiger partial charge < -0.3 is 9.84 Å². The number of rotatable bonds is 4. The van der Waals surface area contributed by atoms with Gasteiger partial charge in [-0.15, -0.1) is 0 Å². The number of hydrogen-bond acceptors (Lipinski definition) is 2. The lowest BCUT2D eigenvalue weighted by molar-refractivity contribution is 0.192. The molecule has 0 bridgehead atoms. The molecule has 0 aliphatic rings. The zero-order chi connectivity index (χ0) is 8.24. The molecule has 10 heavy (non-hydrogen) atoms. The van der Waals surface area contributed by atoms with Crippen LogP contribution in [-0.4, -0.2) is 25.4 Å². The molecular weight excluding hydrogens is 128 g/mol. The van der Waals surface area contributed by atoms with Gasteiger partial charge in [-0.05, 0) is 13.3 Å². The average Bonchev–Trinajstić information content (AvgIpc) is 1.91. The number of ether oxygens (including phenoxy) is 1. The largest absolute Gasteiger partial charge is 0.397 e. The molecule has 0 saturated carbocycles. The maximum atomic E-state index is 7.57. The van der Waals surface area contributed by atoms with Crippen LogP contribution in [0.15, 0.2) is 0 Å². The van der Waals surface area contributed by atoms with Crippen LogP contribution in [0.1, 0.15) is 33.1 Å². The second-order valence-corrected chi connectivity index (χ2v) is 2.02. The summed E-state index contributed by atoms with van der Waals surface area (Å²) in [7, 11) is 1.75. The van der Waals surface area contributed by atoms with Gasteiger partial charge in [0.2, 0.25) is 0 Å². The first-order chi connectivity index (χ1) is 4.83. The van der Waals surface area contributed by atoms with E-state index in [0.717, 1.165) is 6.61 Å². The first-order valence-electron chi connectivity index (χ1n) is 3.93. The first-order valence-corrected chi connectivity index (χ1v) is 3.93. The van der Waals surface area contributed by atoms with Crippen molar-refractivity contribution in [2.75, 3.05) is 20.3 Å². The molecule has 0 aromatic heterocycles. The predicted molar refractivity (Wildman–Crippen MR) is 44.2 cm³/mol. The van der Waals surface area contributed by atoms with Crippen LogP contribution < -0.4 is 0 Å². The van der Waals surface area contributed by atoms with Crippen molar-refractivity contribution in [2.24, 2.45) is 0 Å². The van der Waals surface area contributed by atoms with Crippen molar-refractivity contribution in [3.8, 4) is 0 Å². The summed E-state index contributed by atoms with van der Waals surface area (Å²) in [4.78, 5) is 0. The topological polar surface area (TPSA) is 29.5 Å². The van der Waals surface area contributed by atoms with Crippen molar-refractivity contribution in [1.82, 2.24) is 0 Å². The van der Waals surface area contributed by atoms with E-state index < -0.39 is 0 Å². The van der Waals surface area contributed by atoms with Crippen LogP contribution in [0.4, 0.5) is 0 Å². The minimum Gasteiger partial charge on any atom is -0.397 e. The molecule has 0 heterocycles. The van der Waals surface area contributed by atoms with E-state index in [0.29, 0.717) is 0 Å². The second-order valence-electron chi connectivity index (χ2n) is 2.02. The number of aliphatic hydroxyl groups excluding tert-OH is 1. The first kappa shape index (κ1) is 12.6. The van der Waals surface area contributed by atoms with Gasteiger partial charge in [-0.1, -0.05) is 19.8 Å². The van der Waals surface area contributed by atoms with Crippen LogP contribution >= 0.6 is 0 Å². The van der Waals surface area contributed by atoms with E-state index in [1.807, 2.05) is 0 Å². The molecule has 0 unspecified atom stereocenters. The number of hydrogen-bond donors (Lipinski definition) is 1. The predicted octanol–water partition coefficient (Wildman–Crippen LogP) is 1.82. The third kappa shape index (κ3) is 24.7. The van der Waals surface area contributed by atoms with E-state index in [1.165, 1.54) is 19.3 Å². The molecule has 0 amide bonds.